The number of carbonyl (C=O) groups excluding carboxylic acids is 3. The molecule has 1 heterocycles. The van der Waals surface area contributed by atoms with Gasteiger partial charge in [-0.25, -0.2) is 4.98 Å². The fourth-order valence-electron chi connectivity index (χ4n) is 7.17. The summed E-state index contributed by atoms with van der Waals surface area (Å²) in [7, 11) is 1.77. The first-order valence-electron chi connectivity index (χ1n) is 19.4. The number of thiazole rings is 1. The topological polar surface area (TPSA) is 170 Å². The van der Waals surface area contributed by atoms with Crippen molar-refractivity contribution >= 4 is 35.0 Å². The van der Waals surface area contributed by atoms with Crippen molar-refractivity contribution in [2.75, 3.05) is 20.2 Å². The van der Waals surface area contributed by atoms with Crippen LogP contribution in [0.25, 0.3) is 0 Å². The van der Waals surface area contributed by atoms with E-state index in [0.29, 0.717) is 36.6 Å². The third kappa shape index (κ3) is 11.5. The number of carboxylic acid groups (broad SMARTS) is 1. The summed E-state index contributed by atoms with van der Waals surface area (Å²) in [5.41, 5.74) is 1.56. The van der Waals surface area contributed by atoms with Crippen molar-refractivity contribution in [1.82, 2.24) is 25.8 Å². The smallest absolute Gasteiger partial charge is 0.311 e. The molecule has 296 valence electrons. The molecule has 0 saturated heterocycles. The average Bonchev–Trinajstić information content (AvgIpc) is 3.63. The molecular formula is C40H63N5O7S. The van der Waals surface area contributed by atoms with E-state index >= 15 is 0 Å². The molecule has 0 radical (unpaired) electrons. The van der Waals surface area contributed by atoms with Gasteiger partial charge in [-0.1, -0.05) is 74.3 Å². The maximum atomic E-state index is 14.6. The van der Waals surface area contributed by atoms with E-state index in [-0.39, 0.29) is 53.5 Å². The number of likely N-dealkylation sites (N-methyl/N-ethyl adjacent to an activating group) is 1. The van der Waals surface area contributed by atoms with Crippen molar-refractivity contribution in [1.29, 1.82) is 0 Å². The Bertz CT molecular complexity index is 1520. The average molecular weight is 758 g/mol. The third-order valence-electron chi connectivity index (χ3n) is 10.6. The molecule has 1 aromatic carbocycles. The third-order valence-corrected chi connectivity index (χ3v) is 11.6. The summed E-state index contributed by atoms with van der Waals surface area (Å²) in [5, 5.41) is 31.4. The molecule has 0 aliphatic heterocycles. The van der Waals surface area contributed by atoms with Gasteiger partial charge in [0, 0.05) is 37.0 Å². The minimum atomic E-state index is -1.01. The van der Waals surface area contributed by atoms with Gasteiger partial charge >= 0.3 is 5.97 Å². The molecule has 12 nitrogen and oxygen atoms in total. The number of benzene rings is 1. The van der Waals surface area contributed by atoms with E-state index in [9.17, 15) is 29.4 Å². The fraction of sp³-hybridized carbons (Fsp3) is 0.675. The molecular weight excluding hydrogens is 695 g/mol. The van der Waals surface area contributed by atoms with Gasteiger partial charge < -0.3 is 35.8 Å². The zero-order valence-corrected chi connectivity index (χ0v) is 33.9. The van der Waals surface area contributed by atoms with Crippen LogP contribution in [0, 0.1) is 17.8 Å². The Morgan fingerprint density at radius 2 is 1.70 bits per heavy atom. The number of nitrogens with zero attached hydrogens (tertiary/aromatic N) is 2. The highest BCUT2D eigenvalue weighted by Crippen LogP contribution is 2.35. The van der Waals surface area contributed by atoms with Gasteiger partial charge in [-0.05, 0) is 73.7 Å². The number of hydrogen-bond acceptors (Lipinski definition) is 9. The Balaban J connectivity index is 1.86. The highest BCUT2D eigenvalue weighted by atomic mass is 32.1. The predicted octanol–water partition coefficient (Wildman–Crippen LogP) is 6.05. The van der Waals surface area contributed by atoms with Crippen LogP contribution in [-0.4, -0.2) is 88.2 Å². The van der Waals surface area contributed by atoms with Crippen LogP contribution < -0.4 is 16.0 Å². The molecule has 8 atom stereocenters. The lowest BCUT2D eigenvalue weighted by Crippen LogP contribution is -2.59. The van der Waals surface area contributed by atoms with Gasteiger partial charge in [-0.15, -0.1) is 11.3 Å². The first kappa shape index (κ1) is 43.9. The molecule has 0 spiro atoms. The second-order valence-electron chi connectivity index (χ2n) is 14.9. The van der Waals surface area contributed by atoms with Gasteiger partial charge in [-0.3, -0.25) is 19.2 Å². The number of phenolic OH excluding ortho intramolecular Hbond substituents is 1. The number of aromatic nitrogens is 1. The highest BCUT2D eigenvalue weighted by molar-refractivity contribution is 7.09. The number of carboxylic acids is 1. The van der Waals surface area contributed by atoms with Crippen molar-refractivity contribution in [3.63, 3.8) is 0 Å². The molecule has 3 amide bonds. The number of fused-ring (bicyclic) bond motifs is 1. The molecule has 5 N–H and O–H groups in total. The molecule has 0 fully saturated rings. The van der Waals surface area contributed by atoms with Crippen LogP contribution in [0.5, 0.6) is 5.75 Å². The number of amides is 3. The molecule has 0 bridgehead atoms. The fourth-order valence-corrected chi connectivity index (χ4v) is 8.03. The summed E-state index contributed by atoms with van der Waals surface area (Å²) in [6.07, 6.45) is 3.66. The summed E-state index contributed by atoms with van der Waals surface area (Å²) in [4.78, 5) is 60.4. The highest BCUT2D eigenvalue weighted by Gasteiger charge is 2.38. The molecule has 0 saturated carbocycles. The van der Waals surface area contributed by atoms with Gasteiger partial charge in [0.05, 0.1) is 12.0 Å². The van der Waals surface area contributed by atoms with Gasteiger partial charge in [0.15, 0.2) is 0 Å². The molecule has 53 heavy (non-hydrogen) atoms. The van der Waals surface area contributed by atoms with Crippen molar-refractivity contribution in [2.45, 2.75) is 137 Å². The van der Waals surface area contributed by atoms with E-state index in [1.165, 1.54) is 23.5 Å². The summed E-state index contributed by atoms with van der Waals surface area (Å²) < 4.78 is 6.39. The first-order chi connectivity index (χ1) is 25.2. The zero-order valence-electron chi connectivity index (χ0n) is 33.1. The lowest BCUT2D eigenvalue weighted by molar-refractivity contribution is -0.142. The van der Waals surface area contributed by atoms with Gasteiger partial charge in [0.1, 0.15) is 28.6 Å². The quantitative estimate of drug-likeness (QED) is 0.102. The van der Waals surface area contributed by atoms with Crippen LogP contribution in [0.4, 0.5) is 0 Å². The molecule has 1 aromatic heterocycles. The number of carbonyl (C=O) groups is 4. The van der Waals surface area contributed by atoms with Crippen molar-refractivity contribution in [2.24, 2.45) is 17.8 Å². The van der Waals surface area contributed by atoms with Crippen molar-refractivity contribution in [3.05, 3.63) is 45.4 Å². The predicted molar refractivity (Wildman–Crippen MR) is 208 cm³/mol. The number of phenols is 1. The molecule has 1 aliphatic rings. The standard InChI is InChI=1S/C40H63N5O7S/c1-10-16-45(39(49)35(25(8)13-4)44-37(48)34(41-9)24(7)12-3)32(23(5)6)21-33(52-17-11-2)38-43-31(22-53-38)36(47)42-27-18-26-14-15-28(46)20-29(26)30(19-27)40(50)51/h14-15,20,22-25,27,30,32-35,41,46H,10-13,16-19,21H2,1-9H3,(H,42,47)(H,44,48)(H,50,51). The monoisotopic (exact) mass is 757 g/mol. The van der Waals surface area contributed by atoms with E-state index < -0.39 is 42.0 Å². The molecule has 8 unspecified atom stereocenters. The van der Waals surface area contributed by atoms with E-state index in [1.807, 2.05) is 46.4 Å². The number of rotatable bonds is 21. The second kappa shape index (κ2) is 20.8. The second-order valence-corrected chi connectivity index (χ2v) is 15.8. The van der Waals surface area contributed by atoms with Crippen LogP contribution in [0.1, 0.15) is 133 Å². The van der Waals surface area contributed by atoms with Crippen LogP contribution in [-0.2, 0) is 25.5 Å². The van der Waals surface area contributed by atoms with Crippen LogP contribution in [0.2, 0.25) is 0 Å². The minimum Gasteiger partial charge on any atom is -0.508 e. The lowest BCUT2D eigenvalue weighted by atomic mass is 9.80. The van der Waals surface area contributed by atoms with Crippen LogP contribution in [0.3, 0.4) is 0 Å². The SMILES string of the molecule is CCCOC(CC(C(C)C)N(CCC)C(=O)C(NC(=O)C(NC)C(C)CC)C(C)CC)c1nc(C(=O)NC2Cc3ccc(O)cc3C(C(=O)O)C2)cs1. The van der Waals surface area contributed by atoms with Crippen LogP contribution in [0.15, 0.2) is 23.6 Å². The molecule has 3 rings (SSSR count). The van der Waals surface area contributed by atoms with Crippen LogP contribution >= 0.6 is 11.3 Å². The Kier molecular flexibility index (Phi) is 17.2. The summed E-state index contributed by atoms with van der Waals surface area (Å²) in [6, 6.07) is 2.95. The van der Waals surface area contributed by atoms with Gasteiger partial charge in [-0.2, -0.15) is 0 Å². The zero-order chi connectivity index (χ0) is 39.4. The Hall–Kier alpha value is -3.55. The Labute approximate surface area is 319 Å². The first-order valence-corrected chi connectivity index (χ1v) is 20.3. The number of nitrogens with one attached hydrogen (secondary N) is 3. The Morgan fingerprint density at radius 1 is 1.02 bits per heavy atom. The molecule has 1 aliphatic carbocycles. The van der Waals surface area contributed by atoms with E-state index in [2.05, 4.69) is 29.8 Å². The lowest BCUT2D eigenvalue weighted by Gasteiger charge is -2.39. The van der Waals surface area contributed by atoms with Gasteiger partial charge in [0.2, 0.25) is 11.8 Å². The summed E-state index contributed by atoms with van der Waals surface area (Å²) in [5.74, 6) is -2.47. The maximum absolute atomic E-state index is 14.6. The number of hydrogen-bond donors (Lipinski definition) is 5. The molecule has 13 heteroatoms. The van der Waals surface area contributed by atoms with Crippen molar-refractivity contribution in [3.8, 4) is 5.75 Å². The number of aromatic hydroxyl groups is 1. The van der Waals surface area contributed by atoms with Gasteiger partial charge in [0.25, 0.3) is 5.91 Å². The van der Waals surface area contributed by atoms with E-state index in [4.69, 9.17) is 9.72 Å². The normalized spacial score (nSPS) is 19.0. The Morgan fingerprint density at radius 3 is 2.28 bits per heavy atom. The maximum Gasteiger partial charge on any atom is 0.311 e. The van der Waals surface area contributed by atoms with E-state index in [1.54, 1.807) is 18.5 Å². The summed E-state index contributed by atoms with van der Waals surface area (Å²) >= 11 is 1.33. The number of aliphatic carboxylic acids is 1. The molecule has 2 aromatic rings. The minimum absolute atomic E-state index is 0.0102. The summed E-state index contributed by atoms with van der Waals surface area (Å²) in [6.45, 7) is 17.3. The van der Waals surface area contributed by atoms with Crippen molar-refractivity contribution < 1.29 is 34.1 Å². The van der Waals surface area contributed by atoms with E-state index in [0.717, 1.165) is 31.2 Å². The number of ether oxygens (including phenoxy) is 1. The largest absolute Gasteiger partial charge is 0.508 e.